The van der Waals surface area contributed by atoms with Crippen LogP contribution in [0.15, 0.2) is 18.2 Å². The van der Waals surface area contributed by atoms with Gasteiger partial charge in [-0.2, -0.15) is 0 Å². The zero-order valence-electron chi connectivity index (χ0n) is 9.91. The Bertz CT molecular complexity index is 378. The summed E-state index contributed by atoms with van der Waals surface area (Å²) in [6.45, 7) is 3.93. The van der Waals surface area contributed by atoms with Gasteiger partial charge >= 0.3 is 0 Å². The molecule has 0 amide bonds. The molecule has 1 fully saturated rings. The maximum absolute atomic E-state index is 13.2. The van der Waals surface area contributed by atoms with Gasteiger partial charge < -0.3 is 10.6 Å². The monoisotopic (exact) mass is 222 g/mol. The Hall–Kier alpha value is -0.930. The van der Waals surface area contributed by atoms with Crippen molar-refractivity contribution in [2.45, 2.75) is 19.4 Å². The van der Waals surface area contributed by atoms with E-state index < -0.39 is 0 Å². The van der Waals surface area contributed by atoms with Crippen molar-refractivity contribution >= 4 is 0 Å². The van der Waals surface area contributed by atoms with Gasteiger partial charge in [-0.1, -0.05) is 12.1 Å². The van der Waals surface area contributed by atoms with E-state index in [1.165, 1.54) is 6.07 Å². The molecule has 0 radical (unpaired) electrons. The molecule has 1 heterocycles. The summed E-state index contributed by atoms with van der Waals surface area (Å²) in [6, 6.07) is 5.23. The highest BCUT2D eigenvalue weighted by Crippen LogP contribution is 2.28. The predicted molar refractivity (Wildman–Crippen MR) is 63.7 cm³/mol. The lowest BCUT2D eigenvalue weighted by atomic mass is 9.92. The predicted octanol–water partition coefficient (Wildman–Crippen LogP) is 2.09. The first-order chi connectivity index (χ1) is 7.58. The van der Waals surface area contributed by atoms with Crippen molar-refractivity contribution in [3.05, 3.63) is 35.1 Å². The minimum Gasteiger partial charge on any atom is -0.324 e. The largest absolute Gasteiger partial charge is 0.324 e. The summed E-state index contributed by atoms with van der Waals surface area (Å²) in [6.07, 6.45) is 1.13. The van der Waals surface area contributed by atoms with E-state index in [4.69, 9.17) is 5.73 Å². The molecule has 0 aliphatic carbocycles. The molecule has 2 rings (SSSR count). The minimum absolute atomic E-state index is 0.0317. The summed E-state index contributed by atoms with van der Waals surface area (Å²) in [5, 5.41) is 0. The van der Waals surface area contributed by atoms with Crippen LogP contribution in [0.25, 0.3) is 0 Å². The second-order valence-electron chi connectivity index (χ2n) is 4.85. The van der Waals surface area contributed by atoms with E-state index in [9.17, 15) is 4.39 Å². The molecule has 0 spiro atoms. The van der Waals surface area contributed by atoms with Gasteiger partial charge in [0.15, 0.2) is 0 Å². The molecule has 2 N–H and O–H groups in total. The summed E-state index contributed by atoms with van der Waals surface area (Å²) in [5.74, 6) is 0.342. The molecule has 0 aromatic heterocycles. The molecule has 1 aliphatic rings. The van der Waals surface area contributed by atoms with Gasteiger partial charge in [0.2, 0.25) is 0 Å². The van der Waals surface area contributed by atoms with Gasteiger partial charge in [0.1, 0.15) is 5.82 Å². The average molecular weight is 222 g/mol. The number of aryl methyl sites for hydroxylation is 1. The zero-order chi connectivity index (χ0) is 11.7. The summed E-state index contributed by atoms with van der Waals surface area (Å²) in [4.78, 5) is 2.29. The van der Waals surface area contributed by atoms with Crippen LogP contribution in [0.4, 0.5) is 4.39 Å². The van der Waals surface area contributed by atoms with Crippen molar-refractivity contribution in [3.63, 3.8) is 0 Å². The molecule has 2 atom stereocenters. The number of hydrogen-bond donors (Lipinski definition) is 1. The Morgan fingerprint density at radius 1 is 1.50 bits per heavy atom. The number of halogens is 1. The SMILES string of the molecule is Cc1cc(C(N)C2CCN(C)C2)ccc1F. The van der Waals surface area contributed by atoms with Crippen LogP contribution in [0.3, 0.4) is 0 Å². The Morgan fingerprint density at radius 3 is 2.81 bits per heavy atom. The number of benzene rings is 1. The molecule has 0 bridgehead atoms. The van der Waals surface area contributed by atoms with Crippen LogP contribution >= 0.6 is 0 Å². The first-order valence-corrected chi connectivity index (χ1v) is 5.78. The standard InChI is InChI=1S/C13H19FN2/c1-9-7-10(3-4-12(9)14)13(15)11-5-6-16(2)8-11/h3-4,7,11,13H,5-6,8,15H2,1-2H3. The van der Waals surface area contributed by atoms with Crippen LogP contribution in [0.2, 0.25) is 0 Å². The van der Waals surface area contributed by atoms with Crippen LogP contribution in [0.5, 0.6) is 0 Å². The van der Waals surface area contributed by atoms with Gasteiger partial charge in [-0.25, -0.2) is 4.39 Å². The molecule has 1 aliphatic heterocycles. The fourth-order valence-corrected chi connectivity index (χ4v) is 2.41. The Balaban J connectivity index is 2.14. The Kier molecular flexibility index (Phi) is 3.26. The lowest BCUT2D eigenvalue weighted by Gasteiger charge is -2.20. The second-order valence-corrected chi connectivity index (χ2v) is 4.85. The van der Waals surface area contributed by atoms with Crippen molar-refractivity contribution in [3.8, 4) is 0 Å². The van der Waals surface area contributed by atoms with Crippen LogP contribution < -0.4 is 5.73 Å². The third-order valence-corrected chi connectivity index (χ3v) is 3.50. The van der Waals surface area contributed by atoms with E-state index in [1.54, 1.807) is 6.92 Å². The van der Waals surface area contributed by atoms with E-state index in [0.717, 1.165) is 25.1 Å². The fraction of sp³-hybridized carbons (Fsp3) is 0.538. The summed E-state index contributed by atoms with van der Waals surface area (Å²) < 4.78 is 13.2. The summed E-state index contributed by atoms with van der Waals surface area (Å²) in [7, 11) is 2.11. The van der Waals surface area contributed by atoms with Crippen molar-refractivity contribution in [2.75, 3.05) is 20.1 Å². The van der Waals surface area contributed by atoms with Crippen LogP contribution in [-0.4, -0.2) is 25.0 Å². The van der Waals surface area contributed by atoms with Gasteiger partial charge in [0.05, 0.1) is 0 Å². The van der Waals surface area contributed by atoms with Crippen LogP contribution in [0.1, 0.15) is 23.6 Å². The van der Waals surface area contributed by atoms with E-state index in [2.05, 4.69) is 11.9 Å². The summed E-state index contributed by atoms with van der Waals surface area (Å²) >= 11 is 0. The maximum Gasteiger partial charge on any atom is 0.126 e. The lowest BCUT2D eigenvalue weighted by molar-refractivity contribution is 0.372. The minimum atomic E-state index is -0.153. The van der Waals surface area contributed by atoms with Crippen molar-refractivity contribution in [2.24, 2.45) is 11.7 Å². The lowest BCUT2D eigenvalue weighted by Crippen LogP contribution is -2.24. The highest BCUT2D eigenvalue weighted by Gasteiger charge is 2.26. The number of nitrogens with two attached hydrogens (primary N) is 1. The fourth-order valence-electron chi connectivity index (χ4n) is 2.41. The van der Waals surface area contributed by atoms with Gasteiger partial charge in [0.25, 0.3) is 0 Å². The Labute approximate surface area is 96.2 Å². The highest BCUT2D eigenvalue weighted by atomic mass is 19.1. The number of hydrogen-bond acceptors (Lipinski definition) is 2. The molecule has 88 valence electrons. The van der Waals surface area contributed by atoms with E-state index in [0.29, 0.717) is 11.5 Å². The second kappa shape index (κ2) is 4.52. The highest BCUT2D eigenvalue weighted by molar-refractivity contribution is 5.27. The van der Waals surface area contributed by atoms with Gasteiger partial charge in [-0.05, 0) is 50.0 Å². The molecule has 1 aromatic carbocycles. The van der Waals surface area contributed by atoms with Crippen molar-refractivity contribution in [1.29, 1.82) is 0 Å². The third kappa shape index (κ3) is 2.25. The smallest absolute Gasteiger partial charge is 0.126 e. The molecule has 3 heteroatoms. The molecular weight excluding hydrogens is 203 g/mol. The van der Waals surface area contributed by atoms with Gasteiger partial charge in [0, 0.05) is 12.6 Å². The normalized spacial score (nSPS) is 23.6. The topological polar surface area (TPSA) is 29.3 Å². The Morgan fingerprint density at radius 2 is 2.25 bits per heavy atom. The molecule has 2 nitrogen and oxygen atoms in total. The maximum atomic E-state index is 13.2. The molecule has 2 unspecified atom stereocenters. The van der Waals surface area contributed by atoms with E-state index in [1.807, 2.05) is 12.1 Å². The molecule has 1 saturated heterocycles. The molecule has 0 saturated carbocycles. The van der Waals surface area contributed by atoms with Crippen LogP contribution in [-0.2, 0) is 0 Å². The molecule has 16 heavy (non-hydrogen) atoms. The first kappa shape index (κ1) is 11.6. The zero-order valence-corrected chi connectivity index (χ0v) is 9.91. The van der Waals surface area contributed by atoms with E-state index in [-0.39, 0.29) is 11.9 Å². The van der Waals surface area contributed by atoms with Crippen molar-refractivity contribution in [1.82, 2.24) is 4.90 Å². The van der Waals surface area contributed by atoms with Gasteiger partial charge in [-0.3, -0.25) is 0 Å². The van der Waals surface area contributed by atoms with Crippen molar-refractivity contribution < 1.29 is 4.39 Å². The van der Waals surface area contributed by atoms with E-state index >= 15 is 0 Å². The quantitative estimate of drug-likeness (QED) is 0.830. The first-order valence-electron chi connectivity index (χ1n) is 5.78. The summed E-state index contributed by atoms with van der Waals surface area (Å²) in [5.41, 5.74) is 7.97. The molecule has 1 aromatic rings. The number of rotatable bonds is 2. The number of likely N-dealkylation sites (tertiary alicyclic amines) is 1. The number of nitrogens with zero attached hydrogens (tertiary/aromatic N) is 1. The van der Waals surface area contributed by atoms with Gasteiger partial charge in [-0.15, -0.1) is 0 Å². The molecular formula is C13H19FN2. The third-order valence-electron chi connectivity index (χ3n) is 3.50. The average Bonchev–Trinajstić information content (AvgIpc) is 2.68. The van der Waals surface area contributed by atoms with Crippen LogP contribution in [0, 0.1) is 18.7 Å².